The molecular formula is C18H14O. The number of benzene rings is 1. The third-order valence-electron chi connectivity index (χ3n) is 4.17. The zero-order valence-electron chi connectivity index (χ0n) is 10.6. The fourth-order valence-electron chi connectivity index (χ4n) is 3.26. The van der Waals surface area contributed by atoms with Gasteiger partial charge in [0.05, 0.1) is 0 Å². The van der Waals surface area contributed by atoms with Crippen molar-refractivity contribution in [3.8, 4) is 0 Å². The largest absolute Gasteiger partial charge is 0.289 e. The van der Waals surface area contributed by atoms with Crippen LogP contribution in [0, 0.1) is 0 Å². The molecule has 0 atom stereocenters. The van der Waals surface area contributed by atoms with Crippen molar-refractivity contribution < 1.29 is 4.79 Å². The van der Waals surface area contributed by atoms with Crippen molar-refractivity contribution in [2.24, 2.45) is 0 Å². The van der Waals surface area contributed by atoms with Crippen molar-refractivity contribution >= 4 is 17.4 Å². The Bertz CT molecular complexity index is 801. The molecule has 0 heterocycles. The molecule has 3 aliphatic carbocycles. The highest BCUT2D eigenvalue weighted by Gasteiger charge is 2.19. The van der Waals surface area contributed by atoms with Crippen molar-refractivity contribution in [2.45, 2.75) is 19.3 Å². The maximum absolute atomic E-state index is 12.2. The summed E-state index contributed by atoms with van der Waals surface area (Å²) < 4.78 is 0. The molecule has 0 spiro atoms. The summed E-state index contributed by atoms with van der Waals surface area (Å²) in [4.78, 5) is 12.2. The number of ketones is 1. The van der Waals surface area contributed by atoms with Gasteiger partial charge in [0.15, 0.2) is 5.78 Å². The normalized spacial score (nSPS) is 19.3. The van der Waals surface area contributed by atoms with E-state index in [1.807, 2.05) is 12.2 Å². The second-order valence-corrected chi connectivity index (χ2v) is 5.23. The van der Waals surface area contributed by atoms with Crippen LogP contribution in [0.15, 0.2) is 48.1 Å². The topological polar surface area (TPSA) is 17.1 Å². The van der Waals surface area contributed by atoms with Gasteiger partial charge in [-0.1, -0.05) is 42.5 Å². The number of allylic oxidation sites excluding steroid dienone is 6. The molecule has 0 radical (unpaired) electrons. The van der Waals surface area contributed by atoms with Crippen LogP contribution in [0.3, 0.4) is 0 Å². The molecule has 0 unspecified atom stereocenters. The predicted octanol–water partition coefficient (Wildman–Crippen LogP) is 2.20. The maximum Gasteiger partial charge on any atom is 0.186 e. The first kappa shape index (κ1) is 10.7. The molecule has 0 fully saturated rings. The number of carbonyl (C=O) groups is 1. The quantitative estimate of drug-likeness (QED) is 0.686. The third kappa shape index (κ3) is 1.51. The van der Waals surface area contributed by atoms with E-state index in [0.717, 1.165) is 30.0 Å². The summed E-state index contributed by atoms with van der Waals surface area (Å²) in [5, 5.41) is 2.31. The molecular weight excluding hydrogens is 232 g/mol. The average Bonchev–Trinajstić information content (AvgIpc) is 2.46. The summed E-state index contributed by atoms with van der Waals surface area (Å²) >= 11 is 0. The first-order valence-corrected chi connectivity index (χ1v) is 6.79. The Morgan fingerprint density at radius 2 is 2.05 bits per heavy atom. The number of carbonyl (C=O) groups excluding carboxylic acids is 1. The minimum absolute atomic E-state index is 0.145. The number of hydrogen-bond donors (Lipinski definition) is 0. The Labute approximate surface area is 112 Å². The van der Waals surface area contributed by atoms with Gasteiger partial charge in [-0.3, -0.25) is 4.79 Å². The molecule has 92 valence electrons. The minimum atomic E-state index is 0.145. The zero-order chi connectivity index (χ0) is 12.8. The minimum Gasteiger partial charge on any atom is -0.289 e. The Kier molecular flexibility index (Phi) is 2.22. The van der Waals surface area contributed by atoms with E-state index in [0.29, 0.717) is 0 Å². The van der Waals surface area contributed by atoms with Gasteiger partial charge < -0.3 is 0 Å². The molecule has 1 aromatic rings. The first-order chi connectivity index (χ1) is 9.34. The lowest BCUT2D eigenvalue weighted by molar-refractivity contribution is 0.104. The molecule has 0 aliphatic heterocycles. The molecule has 19 heavy (non-hydrogen) atoms. The monoisotopic (exact) mass is 246 g/mol. The lowest BCUT2D eigenvalue weighted by Crippen LogP contribution is -2.29. The average molecular weight is 246 g/mol. The summed E-state index contributed by atoms with van der Waals surface area (Å²) in [6.07, 6.45) is 15.4. The zero-order valence-corrected chi connectivity index (χ0v) is 10.6. The van der Waals surface area contributed by atoms with Crippen molar-refractivity contribution in [3.63, 3.8) is 0 Å². The summed E-state index contributed by atoms with van der Waals surface area (Å²) in [6.45, 7) is 0. The summed E-state index contributed by atoms with van der Waals surface area (Å²) in [5.74, 6) is 0.145. The van der Waals surface area contributed by atoms with Crippen molar-refractivity contribution in [1.29, 1.82) is 0 Å². The Morgan fingerprint density at radius 1 is 1.11 bits per heavy atom. The second kappa shape index (κ2) is 3.92. The summed E-state index contributed by atoms with van der Waals surface area (Å²) in [7, 11) is 0. The number of hydrogen-bond acceptors (Lipinski definition) is 1. The molecule has 0 amide bonds. The van der Waals surface area contributed by atoms with Crippen LogP contribution in [0.25, 0.3) is 11.6 Å². The second-order valence-electron chi connectivity index (χ2n) is 5.23. The van der Waals surface area contributed by atoms with Gasteiger partial charge in [0, 0.05) is 5.56 Å². The van der Waals surface area contributed by atoms with Crippen LogP contribution in [-0.2, 0) is 6.42 Å². The van der Waals surface area contributed by atoms with E-state index in [4.69, 9.17) is 0 Å². The van der Waals surface area contributed by atoms with Crippen LogP contribution >= 0.6 is 0 Å². The standard InChI is InChI=1S/C18H14O/c19-17-7-3-5-13-9-10-15-14-6-2-1-4-12(14)8-11-16(15)18(13)17/h2-3,5-10H,1,4,11H2. The Hall–Kier alpha value is -2.15. The van der Waals surface area contributed by atoms with Gasteiger partial charge >= 0.3 is 0 Å². The van der Waals surface area contributed by atoms with E-state index in [1.54, 1.807) is 6.08 Å². The predicted molar refractivity (Wildman–Crippen MR) is 77.2 cm³/mol. The van der Waals surface area contributed by atoms with Crippen LogP contribution in [0.2, 0.25) is 0 Å². The Morgan fingerprint density at radius 3 is 3.00 bits per heavy atom. The smallest absolute Gasteiger partial charge is 0.186 e. The molecule has 0 saturated heterocycles. The SMILES string of the molecule is O=C1C=CC=c2ccc3c(c21)CC=C1CCC=CC=31. The van der Waals surface area contributed by atoms with Gasteiger partial charge in [-0.05, 0) is 52.5 Å². The molecule has 0 aromatic heterocycles. The Balaban J connectivity index is 2.13. The van der Waals surface area contributed by atoms with E-state index in [9.17, 15) is 4.79 Å². The lowest BCUT2D eigenvalue weighted by atomic mass is 9.83. The van der Waals surface area contributed by atoms with E-state index in [-0.39, 0.29) is 5.78 Å². The fourth-order valence-corrected chi connectivity index (χ4v) is 3.26. The molecule has 0 N–H and O–H groups in total. The molecule has 0 bridgehead atoms. The van der Waals surface area contributed by atoms with Gasteiger partial charge in [0.1, 0.15) is 0 Å². The summed E-state index contributed by atoms with van der Waals surface area (Å²) in [5.41, 5.74) is 4.87. The van der Waals surface area contributed by atoms with Gasteiger partial charge in [-0.15, -0.1) is 0 Å². The first-order valence-electron chi connectivity index (χ1n) is 6.79. The highest BCUT2D eigenvalue weighted by atomic mass is 16.1. The number of rotatable bonds is 0. The van der Waals surface area contributed by atoms with E-state index in [1.165, 1.54) is 21.9 Å². The van der Waals surface area contributed by atoms with Crippen LogP contribution < -0.4 is 10.4 Å². The third-order valence-corrected chi connectivity index (χ3v) is 4.17. The van der Waals surface area contributed by atoms with Crippen molar-refractivity contribution in [2.75, 3.05) is 0 Å². The lowest BCUT2D eigenvalue weighted by Gasteiger charge is -2.21. The van der Waals surface area contributed by atoms with Crippen molar-refractivity contribution in [3.05, 3.63) is 69.7 Å². The molecule has 1 aromatic carbocycles. The van der Waals surface area contributed by atoms with Gasteiger partial charge in [0.2, 0.25) is 0 Å². The van der Waals surface area contributed by atoms with E-state index in [2.05, 4.69) is 30.4 Å². The van der Waals surface area contributed by atoms with Crippen LogP contribution in [0.5, 0.6) is 0 Å². The van der Waals surface area contributed by atoms with Crippen LogP contribution in [-0.4, -0.2) is 5.78 Å². The van der Waals surface area contributed by atoms with Gasteiger partial charge in [-0.2, -0.15) is 0 Å². The van der Waals surface area contributed by atoms with Crippen LogP contribution in [0.4, 0.5) is 0 Å². The van der Waals surface area contributed by atoms with Crippen molar-refractivity contribution in [1.82, 2.24) is 0 Å². The molecule has 1 nitrogen and oxygen atoms in total. The summed E-state index contributed by atoms with van der Waals surface area (Å²) in [6, 6.07) is 4.25. The highest BCUT2D eigenvalue weighted by molar-refractivity contribution is 6.08. The molecule has 0 saturated carbocycles. The highest BCUT2D eigenvalue weighted by Crippen LogP contribution is 2.27. The fraction of sp³-hybridized carbons (Fsp3) is 0.167. The maximum atomic E-state index is 12.2. The molecule has 1 heteroatoms. The molecule has 4 rings (SSSR count). The van der Waals surface area contributed by atoms with Crippen LogP contribution in [0.1, 0.15) is 28.8 Å². The van der Waals surface area contributed by atoms with E-state index >= 15 is 0 Å². The molecule has 3 aliphatic rings. The van der Waals surface area contributed by atoms with Gasteiger partial charge in [0.25, 0.3) is 0 Å². The van der Waals surface area contributed by atoms with E-state index < -0.39 is 0 Å². The van der Waals surface area contributed by atoms with Gasteiger partial charge in [-0.25, -0.2) is 0 Å². The number of fused-ring (bicyclic) bond motifs is 4.